The first-order chi connectivity index (χ1) is 4.33. The highest BCUT2D eigenvalue weighted by atomic mass is 16.5. The van der Waals surface area contributed by atoms with Gasteiger partial charge in [0.15, 0.2) is 0 Å². The number of rotatable bonds is 1. The second-order valence-corrected chi connectivity index (χ2v) is 2.06. The molecule has 0 aromatic rings. The molecule has 0 aromatic carbocycles. The summed E-state index contributed by atoms with van der Waals surface area (Å²) in [6, 6.07) is 0.393. The minimum atomic E-state index is 0.393. The summed E-state index contributed by atoms with van der Waals surface area (Å²) in [4.78, 5) is 0. The van der Waals surface area contributed by atoms with E-state index in [4.69, 9.17) is 4.74 Å². The first-order valence-corrected chi connectivity index (χ1v) is 3.01. The van der Waals surface area contributed by atoms with Crippen molar-refractivity contribution < 1.29 is 4.74 Å². The van der Waals surface area contributed by atoms with E-state index < -0.39 is 0 Å². The number of nitrogens with one attached hydrogen (secondary N) is 1. The molecule has 1 N–H and O–H groups in total. The van der Waals surface area contributed by atoms with Crippen molar-refractivity contribution in [1.82, 2.24) is 5.32 Å². The molecular weight excluding hydrogens is 114 g/mol. The van der Waals surface area contributed by atoms with Gasteiger partial charge in [0.25, 0.3) is 0 Å². The highest BCUT2D eigenvalue weighted by Gasteiger charge is 2.00. The lowest BCUT2D eigenvalue weighted by Crippen LogP contribution is -2.20. The van der Waals surface area contributed by atoms with Gasteiger partial charge in [0.1, 0.15) is 5.76 Å². The molecule has 0 saturated carbocycles. The first kappa shape index (κ1) is 6.20. The molecule has 0 radical (unpaired) electrons. The molecule has 0 aromatic heterocycles. The molecule has 1 rings (SSSR count). The number of allylic oxidation sites excluding steroid dienone is 1. The van der Waals surface area contributed by atoms with Crippen LogP contribution in [0.2, 0.25) is 0 Å². The van der Waals surface area contributed by atoms with Crippen LogP contribution in [0.5, 0.6) is 0 Å². The Bertz CT molecular complexity index is 149. The second-order valence-electron chi connectivity index (χ2n) is 2.06. The van der Waals surface area contributed by atoms with E-state index in [9.17, 15) is 0 Å². The van der Waals surface area contributed by atoms with E-state index >= 15 is 0 Å². The van der Waals surface area contributed by atoms with Crippen LogP contribution in [0.3, 0.4) is 0 Å². The molecule has 9 heavy (non-hydrogen) atoms. The maximum Gasteiger partial charge on any atom is 0.118 e. The van der Waals surface area contributed by atoms with Gasteiger partial charge in [0, 0.05) is 12.2 Å². The predicted molar refractivity (Wildman–Crippen MR) is 36.8 cm³/mol. The number of hydrogen-bond acceptors (Lipinski definition) is 2. The lowest BCUT2D eigenvalue weighted by molar-refractivity contribution is 0.301. The van der Waals surface area contributed by atoms with Crippen LogP contribution in [0.25, 0.3) is 0 Å². The molecule has 50 valence electrons. The van der Waals surface area contributed by atoms with E-state index in [1.54, 1.807) is 7.11 Å². The largest absolute Gasteiger partial charge is 0.497 e. The topological polar surface area (TPSA) is 21.3 Å². The minimum Gasteiger partial charge on any atom is -0.497 e. The Labute approximate surface area is 55.2 Å². The fraction of sp³-hybridized carbons (Fsp3) is 0.429. The van der Waals surface area contributed by atoms with Gasteiger partial charge in [-0.3, -0.25) is 0 Å². The standard InChI is InChI=1S/C7H11NO/c1-6-5-7(9-2)3-4-8-6/h3-6,8H,1-2H3. The zero-order valence-corrected chi connectivity index (χ0v) is 5.72. The van der Waals surface area contributed by atoms with Crippen LogP contribution in [0.4, 0.5) is 0 Å². The summed E-state index contributed by atoms with van der Waals surface area (Å²) in [6.45, 7) is 2.07. The van der Waals surface area contributed by atoms with Gasteiger partial charge in [-0.05, 0) is 19.1 Å². The van der Waals surface area contributed by atoms with Crippen LogP contribution in [0, 0.1) is 0 Å². The van der Waals surface area contributed by atoms with E-state index in [0.717, 1.165) is 5.76 Å². The highest BCUT2D eigenvalue weighted by molar-refractivity contribution is 5.18. The van der Waals surface area contributed by atoms with Crippen molar-refractivity contribution in [1.29, 1.82) is 0 Å². The molecule has 0 bridgehead atoms. The third kappa shape index (κ3) is 1.49. The molecule has 1 atom stereocenters. The fourth-order valence-corrected chi connectivity index (χ4v) is 0.768. The van der Waals surface area contributed by atoms with Gasteiger partial charge >= 0.3 is 0 Å². The maximum atomic E-state index is 5.00. The Morgan fingerprint density at radius 2 is 2.44 bits per heavy atom. The molecule has 0 spiro atoms. The number of hydrogen-bond donors (Lipinski definition) is 1. The second kappa shape index (κ2) is 2.58. The Morgan fingerprint density at radius 1 is 1.67 bits per heavy atom. The molecule has 1 unspecified atom stereocenters. The van der Waals surface area contributed by atoms with Gasteiger partial charge < -0.3 is 10.1 Å². The minimum absolute atomic E-state index is 0.393. The molecule has 0 saturated heterocycles. The predicted octanol–water partition coefficient (Wildman–Crippen LogP) is 1.02. The summed E-state index contributed by atoms with van der Waals surface area (Å²) in [7, 11) is 1.67. The third-order valence-corrected chi connectivity index (χ3v) is 1.26. The quantitative estimate of drug-likeness (QED) is 0.565. The molecule has 0 amide bonds. The van der Waals surface area contributed by atoms with Crippen LogP contribution in [0.15, 0.2) is 24.1 Å². The third-order valence-electron chi connectivity index (χ3n) is 1.26. The molecular formula is C7H11NO. The van der Waals surface area contributed by atoms with Crippen molar-refractivity contribution in [3.8, 4) is 0 Å². The van der Waals surface area contributed by atoms with Crippen LogP contribution in [-0.4, -0.2) is 13.2 Å². The zero-order chi connectivity index (χ0) is 6.69. The first-order valence-electron chi connectivity index (χ1n) is 3.01. The van der Waals surface area contributed by atoms with Gasteiger partial charge in [-0.1, -0.05) is 0 Å². The number of methoxy groups -OCH3 is 1. The normalized spacial score (nSPS) is 24.7. The summed E-state index contributed by atoms with van der Waals surface area (Å²) in [5.74, 6) is 0.932. The van der Waals surface area contributed by atoms with Gasteiger partial charge in [-0.25, -0.2) is 0 Å². The molecule has 1 aliphatic rings. The summed E-state index contributed by atoms with van der Waals surface area (Å²) in [5, 5.41) is 3.11. The van der Waals surface area contributed by atoms with E-state index in [1.165, 1.54) is 0 Å². The molecule has 2 heteroatoms. The van der Waals surface area contributed by atoms with Crippen molar-refractivity contribution >= 4 is 0 Å². The monoisotopic (exact) mass is 125 g/mol. The Hall–Kier alpha value is -0.920. The average molecular weight is 125 g/mol. The summed E-state index contributed by atoms with van der Waals surface area (Å²) >= 11 is 0. The molecule has 2 nitrogen and oxygen atoms in total. The van der Waals surface area contributed by atoms with Crippen molar-refractivity contribution in [3.63, 3.8) is 0 Å². The molecule has 1 heterocycles. The van der Waals surface area contributed by atoms with Gasteiger partial charge in [0.05, 0.1) is 7.11 Å². The lowest BCUT2D eigenvalue weighted by Gasteiger charge is -2.12. The Morgan fingerprint density at radius 3 is 2.89 bits per heavy atom. The van der Waals surface area contributed by atoms with Crippen LogP contribution in [0.1, 0.15) is 6.92 Å². The molecule has 0 aliphatic carbocycles. The van der Waals surface area contributed by atoms with Gasteiger partial charge in [-0.15, -0.1) is 0 Å². The molecule has 1 aliphatic heterocycles. The highest BCUT2D eigenvalue weighted by Crippen LogP contribution is 2.03. The number of ether oxygens (including phenoxy) is 1. The van der Waals surface area contributed by atoms with E-state index in [1.807, 2.05) is 18.4 Å². The summed E-state index contributed by atoms with van der Waals surface area (Å²) < 4.78 is 5.00. The maximum absolute atomic E-state index is 5.00. The number of dihydropyridines is 1. The van der Waals surface area contributed by atoms with Crippen molar-refractivity contribution in [3.05, 3.63) is 24.1 Å². The Balaban J connectivity index is 2.59. The van der Waals surface area contributed by atoms with E-state index in [0.29, 0.717) is 6.04 Å². The van der Waals surface area contributed by atoms with Crippen LogP contribution in [-0.2, 0) is 4.74 Å². The zero-order valence-electron chi connectivity index (χ0n) is 5.72. The SMILES string of the molecule is COC1=CC(C)NC=C1. The molecule has 0 fully saturated rings. The van der Waals surface area contributed by atoms with Crippen molar-refractivity contribution in [2.75, 3.05) is 7.11 Å². The smallest absolute Gasteiger partial charge is 0.118 e. The Kier molecular flexibility index (Phi) is 1.78. The fourth-order valence-electron chi connectivity index (χ4n) is 0.768. The van der Waals surface area contributed by atoms with E-state index in [-0.39, 0.29) is 0 Å². The van der Waals surface area contributed by atoms with Crippen LogP contribution < -0.4 is 5.32 Å². The van der Waals surface area contributed by atoms with Gasteiger partial charge in [-0.2, -0.15) is 0 Å². The van der Waals surface area contributed by atoms with Crippen molar-refractivity contribution in [2.45, 2.75) is 13.0 Å². The lowest BCUT2D eigenvalue weighted by atomic mass is 10.2. The average Bonchev–Trinajstić information content (AvgIpc) is 1.88. The van der Waals surface area contributed by atoms with Gasteiger partial charge in [0.2, 0.25) is 0 Å². The van der Waals surface area contributed by atoms with Crippen molar-refractivity contribution in [2.24, 2.45) is 0 Å². The summed E-state index contributed by atoms with van der Waals surface area (Å²) in [6.07, 6.45) is 5.82. The van der Waals surface area contributed by atoms with Crippen LogP contribution >= 0.6 is 0 Å². The van der Waals surface area contributed by atoms with E-state index in [2.05, 4.69) is 12.2 Å². The summed E-state index contributed by atoms with van der Waals surface area (Å²) in [5.41, 5.74) is 0.